The Morgan fingerprint density at radius 2 is 1.77 bits per heavy atom. The number of hydrogen-bond acceptors (Lipinski definition) is 4. The van der Waals surface area contributed by atoms with Gasteiger partial charge in [-0.2, -0.15) is 0 Å². The second kappa shape index (κ2) is 7.74. The molecule has 2 N–H and O–H groups in total. The fourth-order valence-corrected chi connectivity index (χ4v) is 2.82. The maximum Gasteiger partial charge on any atom is 0.337 e. The summed E-state index contributed by atoms with van der Waals surface area (Å²) in [5, 5.41) is 5.35. The van der Waals surface area contributed by atoms with Gasteiger partial charge in [-0.05, 0) is 30.2 Å². The second-order valence-electron chi connectivity index (χ2n) is 5.91. The van der Waals surface area contributed by atoms with Gasteiger partial charge in [-0.1, -0.05) is 42.5 Å². The van der Waals surface area contributed by atoms with Gasteiger partial charge in [0, 0.05) is 5.70 Å². The van der Waals surface area contributed by atoms with E-state index in [1.807, 2.05) is 54.6 Å². The number of nitrogens with one attached hydrogen (secondary N) is 2. The zero-order chi connectivity index (χ0) is 18.5. The lowest BCUT2D eigenvalue weighted by Gasteiger charge is -2.27. The van der Waals surface area contributed by atoms with Crippen molar-refractivity contribution in [2.45, 2.75) is 19.6 Å². The second-order valence-corrected chi connectivity index (χ2v) is 5.91. The molecule has 0 aromatic heterocycles. The predicted molar refractivity (Wildman–Crippen MR) is 96.3 cm³/mol. The molecule has 1 unspecified atom stereocenters. The van der Waals surface area contributed by atoms with E-state index in [1.54, 1.807) is 6.92 Å². The SMILES string of the molecule is COC(=O)C1=C(C)NC(=O)NC1c1ccc(OCc2ccccc2)cc1. The third-order valence-corrected chi connectivity index (χ3v) is 4.14. The van der Waals surface area contributed by atoms with Crippen molar-refractivity contribution in [1.82, 2.24) is 10.6 Å². The maximum atomic E-state index is 12.1. The third kappa shape index (κ3) is 3.85. The Bertz CT molecular complexity index is 829. The van der Waals surface area contributed by atoms with Gasteiger partial charge >= 0.3 is 12.0 Å². The Labute approximate surface area is 151 Å². The first-order valence-corrected chi connectivity index (χ1v) is 8.22. The topological polar surface area (TPSA) is 76.7 Å². The van der Waals surface area contributed by atoms with Crippen LogP contribution in [0.2, 0.25) is 0 Å². The number of allylic oxidation sites excluding steroid dienone is 1. The Balaban J connectivity index is 1.77. The minimum absolute atomic E-state index is 0.357. The summed E-state index contributed by atoms with van der Waals surface area (Å²) in [7, 11) is 1.32. The smallest absolute Gasteiger partial charge is 0.337 e. The fraction of sp³-hybridized carbons (Fsp3) is 0.200. The van der Waals surface area contributed by atoms with Crippen LogP contribution in [0.3, 0.4) is 0 Å². The van der Waals surface area contributed by atoms with Gasteiger partial charge in [0.05, 0.1) is 18.7 Å². The first kappa shape index (κ1) is 17.5. The number of rotatable bonds is 5. The average molecular weight is 352 g/mol. The zero-order valence-electron chi connectivity index (χ0n) is 14.6. The first-order valence-electron chi connectivity index (χ1n) is 8.22. The van der Waals surface area contributed by atoms with Crippen molar-refractivity contribution in [2.75, 3.05) is 7.11 Å². The summed E-state index contributed by atoms with van der Waals surface area (Å²) in [5.41, 5.74) is 2.71. The van der Waals surface area contributed by atoms with E-state index >= 15 is 0 Å². The molecule has 2 amide bonds. The summed E-state index contributed by atoms with van der Waals surface area (Å²) in [5.74, 6) is 0.225. The Morgan fingerprint density at radius 3 is 2.42 bits per heavy atom. The van der Waals surface area contributed by atoms with E-state index in [4.69, 9.17) is 9.47 Å². The Hall–Kier alpha value is -3.28. The zero-order valence-corrected chi connectivity index (χ0v) is 14.6. The largest absolute Gasteiger partial charge is 0.489 e. The molecule has 0 bridgehead atoms. The molecule has 2 aromatic carbocycles. The number of benzene rings is 2. The van der Waals surface area contributed by atoms with Crippen LogP contribution in [0, 0.1) is 0 Å². The molecule has 0 spiro atoms. The minimum atomic E-state index is -0.570. The van der Waals surface area contributed by atoms with E-state index in [2.05, 4.69) is 10.6 Å². The van der Waals surface area contributed by atoms with Crippen LogP contribution in [0.5, 0.6) is 5.75 Å². The van der Waals surface area contributed by atoms with Crippen molar-refractivity contribution in [3.05, 3.63) is 77.0 Å². The molecule has 6 nitrogen and oxygen atoms in total. The number of esters is 1. The molecule has 0 aliphatic carbocycles. The molecular weight excluding hydrogens is 332 g/mol. The number of carbonyl (C=O) groups is 2. The van der Waals surface area contributed by atoms with Gasteiger partial charge < -0.3 is 20.1 Å². The quantitative estimate of drug-likeness (QED) is 0.811. The first-order chi connectivity index (χ1) is 12.6. The number of hydrogen-bond donors (Lipinski definition) is 2. The van der Waals surface area contributed by atoms with E-state index < -0.39 is 12.0 Å². The van der Waals surface area contributed by atoms with E-state index in [0.717, 1.165) is 11.1 Å². The van der Waals surface area contributed by atoms with Gasteiger partial charge in [0.2, 0.25) is 0 Å². The van der Waals surface area contributed by atoms with Crippen molar-refractivity contribution >= 4 is 12.0 Å². The molecule has 0 radical (unpaired) electrons. The lowest BCUT2D eigenvalue weighted by Crippen LogP contribution is -2.45. The number of ether oxygens (including phenoxy) is 2. The van der Waals surface area contributed by atoms with E-state index in [1.165, 1.54) is 7.11 Å². The summed E-state index contributed by atoms with van der Waals surface area (Å²) in [6.07, 6.45) is 0. The molecule has 6 heteroatoms. The molecule has 134 valence electrons. The van der Waals surface area contributed by atoms with Crippen molar-refractivity contribution in [1.29, 1.82) is 0 Å². The van der Waals surface area contributed by atoms with Crippen LogP contribution in [-0.2, 0) is 16.1 Å². The Morgan fingerprint density at radius 1 is 1.08 bits per heavy atom. The molecule has 1 heterocycles. The Kier molecular flexibility index (Phi) is 5.22. The molecule has 0 saturated carbocycles. The van der Waals surface area contributed by atoms with Crippen LogP contribution in [0.25, 0.3) is 0 Å². The van der Waals surface area contributed by atoms with Gasteiger partial charge in [0.15, 0.2) is 0 Å². The lowest BCUT2D eigenvalue weighted by molar-refractivity contribution is -0.136. The molecule has 1 atom stereocenters. The van der Waals surface area contributed by atoms with Gasteiger partial charge in [-0.25, -0.2) is 9.59 Å². The van der Waals surface area contributed by atoms with Gasteiger partial charge in [-0.3, -0.25) is 0 Å². The van der Waals surface area contributed by atoms with Crippen LogP contribution in [-0.4, -0.2) is 19.1 Å². The number of amides is 2. The summed E-state index contributed by atoms with van der Waals surface area (Å²) >= 11 is 0. The van der Waals surface area contributed by atoms with Crippen molar-refractivity contribution in [2.24, 2.45) is 0 Å². The fourth-order valence-electron chi connectivity index (χ4n) is 2.82. The molecule has 1 aliphatic heterocycles. The van der Waals surface area contributed by atoms with Crippen molar-refractivity contribution in [3.63, 3.8) is 0 Å². The monoisotopic (exact) mass is 352 g/mol. The number of methoxy groups -OCH3 is 1. The molecule has 26 heavy (non-hydrogen) atoms. The van der Waals surface area contributed by atoms with E-state index in [0.29, 0.717) is 23.6 Å². The molecule has 0 fully saturated rings. The van der Waals surface area contributed by atoms with Crippen LogP contribution in [0.1, 0.15) is 24.1 Å². The summed E-state index contributed by atoms with van der Waals surface area (Å²) in [6.45, 7) is 2.14. The van der Waals surface area contributed by atoms with Crippen LogP contribution < -0.4 is 15.4 Å². The van der Waals surface area contributed by atoms with Crippen molar-refractivity contribution < 1.29 is 19.1 Å². The summed E-state index contributed by atoms with van der Waals surface area (Å²) < 4.78 is 10.6. The van der Waals surface area contributed by atoms with E-state index in [9.17, 15) is 9.59 Å². The molecule has 3 rings (SSSR count). The van der Waals surface area contributed by atoms with E-state index in [-0.39, 0.29) is 6.03 Å². The van der Waals surface area contributed by atoms with Crippen LogP contribution in [0.4, 0.5) is 4.79 Å². The van der Waals surface area contributed by atoms with Gasteiger partial charge in [-0.15, -0.1) is 0 Å². The van der Waals surface area contributed by atoms with Gasteiger partial charge in [0.25, 0.3) is 0 Å². The normalized spacial score (nSPS) is 16.5. The molecule has 0 saturated heterocycles. The molecular formula is C20H20N2O4. The highest BCUT2D eigenvalue weighted by Crippen LogP contribution is 2.28. The molecule has 1 aliphatic rings. The minimum Gasteiger partial charge on any atom is -0.489 e. The highest BCUT2D eigenvalue weighted by molar-refractivity contribution is 5.94. The van der Waals surface area contributed by atoms with Crippen LogP contribution >= 0.6 is 0 Å². The summed E-state index contributed by atoms with van der Waals surface area (Å²) in [4.78, 5) is 23.9. The van der Waals surface area contributed by atoms with Crippen LogP contribution in [0.15, 0.2) is 65.9 Å². The number of carbonyl (C=O) groups excluding carboxylic acids is 2. The van der Waals surface area contributed by atoms with Crippen molar-refractivity contribution in [3.8, 4) is 5.75 Å². The summed E-state index contributed by atoms with van der Waals surface area (Å²) in [6, 6.07) is 16.2. The lowest BCUT2D eigenvalue weighted by atomic mass is 9.95. The third-order valence-electron chi connectivity index (χ3n) is 4.14. The van der Waals surface area contributed by atoms with Gasteiger partial charge in [0.1, 0.15) is 12.4 Å². The standard InChI is InChI=1S/C20H20N2O4/c1-13-17(19(23)25-2)18(22-20(24)21-13)15-8-10-16(11-9-15)26-12-14-6-4-3-5-7-14/h3-11,18H,12H2,1-2H3,(H2,21,22,24). The number of urea groups is 1. The molecule has 2 aromatic rings. The highest BCUT2D eigenvalue weighted by Gasteiger charge is 2.31. The maximum absolute atomic E-state index is 12.1. The predicted octanol–water partition coefficient (Wildman–Crippen LogP) is 3.07. The highest BCUT2D eigenvalue weighted by atomic mass is 16.5. The average Bonchev–Trinajstić information content (AvgIpc) is 2.66.